The fraction of sp³-hybridized carbons (Fsp3) is 0.625. The fourth-order valence-corrected chi connectivity index (χ4v) is 2.71. The molecular formula is C16H25N3O2. The van der Waals surface area contributed by atoms with Gasteiger partial charge in [0.15, 0.2) is 0 Å². The Bertz CT molecular complexity index is 447. The Morgan fingerprint density at radius 3 is 3.00 bits per heavy atom. The van der Waals surface area contributed by atoms with Gasteiger partial charge in [-0.2, -0.15) is 0 Å². The van der Waals surface area contributed by atoms with Gasteiger partial charge >= 0.3 is 0 Å². The summed E-state index contributed by atoms with van der Waals surface area (Å²) < 4.78 is 4.98. The van der Waals surface area contributed by atoms with E-state index in [1.807, 2.05) is 0 Å². The number of methoxy groups -OCH3 is 1. The summed E-state index contributed by atoms with van der Waals surface area (Å²) in [5.74, 6) is 0.447. The third-order valence-corrected chi connectivity index (χ3v) is 4.06. The minimum Gasteiger partial charge on any atom is -0.481 e. The molecule has 1 saturated heterocycles. The van der Waals surface area contributed by atoms with Crippen molar-refractivity contribution in [3.8, 4) is 5.88 Å². The van der Waals surface area contributed by atoms with Crippen LogP contribution in [0.2, 0.25) is 0 Å². The molecule has 0 aliphatic carbocycles. The third kappa shape index (κ3) is 4.70. The zero-order valence-corrected chi connectivity index (χ0v) is 13.0. The van der Waals surface area contributed by atoms with Crippen LogP contribution in [0.3, 0.4) is 0 Å². The van der Waals surface area contributed by atoms with Gasteiger partial charge in [-0.25, -0.2) is 4.98 Å². The number of ether oxygens (including phenoxy) is 1. The predicted octanol–water partition coefficient (Wildman–Crippen LogP) is 2.08. The first-order chi connectivity index (χ1) is 10.2. The molecule has 1 N–H and O–H groups in total. The highest BCUT2D eigenvalue weighted by Gasteiger charge is 2.17. The van der Waals surface area contributed by atoms with E-state index in [1.54, 1.807) is 25.4 Å². The van der Waals surface area contributed by atoms with E-state index in [4.69, 9.17) is 4.74 Å². The Balaban J connectivity index is 1.68. The Morgan fingerprint density at radius 2 is 2.33 bits per heavy atom. The highest BCUT2D eigenvalue weighted by molar-refractivity contribution is 5.93. The van der Waals surface area contributed by atoms with Crippen molar-refractivity contribution < 1.29 is 9.53 Å². The number of pyridine rings is 1. The van der Waals surface area contributed by atoms with Crippen LogP contribution >= 0.6 is 0 Å². The summed E-state index contributed by atoms with van der Waals surface area (Å²) in [5, 5.41) is 2.94. The summed E-state index contributed by atoms with van der Waals surface area (Å²) in [6.07, 6.45) is 6.47. The molecule has 21 heavy (non-hydrogen) atoms. The summed E-state index contributed by atoms with van der Waals surface area (Å²) in [4.78, 5) is 18.5. The van der Waals surface area contributed by atoms with Gasteiger partial charge in [0.1, 0.15) is 0 Å². The number of likely N-dealkylation sites (tertiary alicyclic amines) is 1. The van der Waals surface area contributed by atoms with Gasteiger partial charge in [0, 0.05) is 31.4 Å². The second-order valence-electron chi connectivity index (χ2n) is 5.58. The van der Waals surface area contributed by atoms with Crippen LogP contribution in [0.15, 0.2) is 18.3 Å². The summed E-state index contributed by atoms with van der Waals surface area (Å²) in [5.41, 5.74) is 0.571. The van der Waals surface area contributed by atoms with Gasteiger partial charge in [0.05, 0.1) is 12.7 Å². The SMILES string of the molecule is COc1ccc(C(=O)NCCCN2CCCCC2C)cn1. The number of amides is 1. The number of aromatic nitrogens is 1. The maximum Gasteiger partial charge on any atom is 0.252 e. The molecule has 0 saturated carbocycles. The average molecular weight is 291 g/mol. The molecule has 2 heterocycles. The van der Waals surface area contributed by atoms with Crippen molar-refractivity contribution in [2.45, 2.75) is 38.6 Å². The smallest absolute Gasteiger partial charge is 0.252 e. The first-order valence-corrected chi connectivity index (χ1v) is 7.73. The Hall–Kier alpha value is -1.62. The molecule has 1 fully saturated rings. The number of nitrogens with zero attached hydrogens (tertiary/aromatic N) is 2. The standard InChI is InChI=1S/C16H25N3O2/c1-13-6-3-4-10-19(13)11-5-9-17-16(20)14-7-8-15(21-2)18-12-14/h7-8,12-13H,3-6,9-11H2,1-2H3,(H,17,20). The first kappa shape index (κ1) is 15.8. The van der Waals surface area contributed by atoms with Crippen LogP contribution in [0, 0.1) is 0 Å². The molecule has 5 nitrogen and oxygen atoms in total. The van der Waals surface area contributed by atoms with E-state index in [1.165, 1.54) is 25.8 Å². The van der Waals surface area contributed by atoms with Crippen LogP contribution < -0.4 is 10.1 Å². The molecule has 1 atom stereocenters. The van der Waals surface area contributed by atoms with Crippen LogP contribution in [-0.4, -0.2) is 48.6 Å². The van der Waals surface area contributed by atoms with E-state index in [-0.39, 0.29) is 5.91 Å². The van der Waals surface area contributed by atoms with Crippen LogP contribution in [0.1, 0.15) is 43.0 Å². The minimum absolute atomic E-state index is 0.0724. The molecule has 0 radical (unpaired) electrons. The molecule has 0 bridgehead atoms. The van der Waals surface area contributed by atoms with Crippen molar-refractivity contribution in [3.05, 3.63) is 23.9 Å². The van der Waals surface area contributed by atoms with Crippen LogP contribution in [0.4, 0.5) is 0 Å². The monoisotopic (exact) mass is 291 g/mol. The Labute approximate surface area is 126 Å². The summed E-state index contributed by atoms with van der Waals surface area (Å²) in [7, 11) is 1.56. The summed E-state index contributed by atoms with van der Waals surface area (Å²) in [6, 6.07) is 4.11. The average Bonchev–Trinajstić information content (AvgIpc) is 2.53. The molecule has 1 aromatic rings. The van der Waals surface area contributed by atoms with E-state index in [2.05, 4.69) is 22.1 Å². The Kier molecular flexibility index (Phi) is 5.99. The van der Waals surface area contributed by atoms with Crippen molar-refractivity contribution in [2.75, 3.05) is 26.7 Å². The lowest BCUT2D eigenvalue weighted by molar-refractivity contribution is 0.0948. The second kappa shape index (κ2) is 7.98. The van der Waals surface area contributed by atoms with Gasteiger partial charge in [0.2, 0.25) is 5.88 Å². The number of nitrogens with one attached hydrogen (secondary N) is 1. The molecule has 2 rings (SSSR count). The lowest BCUT2D eigenvalue weighted by Crippen LogP contribution is -2.39. The number of hydrogen-bond acceptors (Lipinski definition) is 4. The molecule has 1 unspecified atom stereocenters. The molecule has 1 aliphatic heterocycles. The number of rotatable bonds is 6. The number of carbonyl (C=O) groups excluding carboxylic acids is 1. The molecule has 1 aromatic heterocycles. The van der Waals surface area contributed by atoms with Crippen molar-refractivity contribution in [1.82, 2.24) is 15.2 Å². The maximum atomic E-state index is 12.0. The lowest BCUT2D eigenvalue weighted by atomic mass is 10.0. The van der Waals surface area contributed by atoms with Crippen molar-refractivity contribution >= 4 is 5.91 Å². The number of piperidine rings is 1. The minimum atomic E-state index is -0.0724. The van der Waals surface area contributed by atoms with Gasteiger partial charge in [-0.15, -0.1) is 0 Å². The van der Waals surface area contributed by atoms with Gasteiger partial charge in [-0.1, -0.05) is 6.42 Å². The van der Waals surface area contributed by atoms with E-state index in [9.17, 15) is 4.79 Å². The lowest BCUT2D eigenvalue weighted by Gasteiger charge is -2.33. The van der Waals surface area contributed by atoms with Gasteiger partial charge in [-0.05, 0) is 38.8 Å². The van der Waals surface area contributed by atoms with E-state index in [0.717, 1.165) is 13.0 Å². The zero-order valence-electron chi connectivity index (χ0n) is 13.0. The van der Waals surface area contributed by atoms with Crippen molar-refractivity contribution in [1.29, 1.82) is 0 Å². The third-order valence-electron chi connectivity index (χ3n) is 4.06. The fourth-order valence-electron chi connectivity index (χ4n) is 2.71. The van der Waals surface area contributed by atoms with E-state index < -0.39 is 0 Å². The van der Waals surface area contributed by atoms with Crippen LogP contribution in [0.25, 0.3) is 0 Å². The summed E-state index contributed by atoms with van der Waals surface area (Å²) >= 11 is 0. The Morgan fingerprint density at radius 1 is 1.48 bits per heavy atom. The predicted molar refractivity (Wildman–Crippen MR) is 82.6 cm³/mol. The molecular weight excluding hydrogens is 266 g/mol. The van der Waals surface area contributed by atoms with Crippen molar-refractivity contribution in [2.24, 2.45) is 0 Å². The number of hydrogen-bond donors (Lipinski definition) is 1. The van der Waals surface area contributed by atoms with Gasteiger partial charge < -0.3 is 15.0 Å². The van der Waals surface area contributed by atoms with Crippen LogP contribution in [0.5, 0.6) is 5.88 Å². The largest absolute Gasteiger partial charge is 0.481 e. The highest BCUT2D eigenvalue weighted by atomic mass is 16.5. The van der Waals surface area contributed by atoms with E-state index in [0.29, 0.717) is 24.0 Å². The van der Waals surface area contributed by atoms with Crippen molar-refractivity contribution in [3.63, 3.8) is 0 Å². The second-order valence-corrected chi connectivity index (χ2v) is 5.58. The highest BCUT2D eigenvalue weighted by Crippen LogP contribution is 2.16. The quantitative estimate of drug-likeness (QED) is 0.815. The molecule has 5 heteroatoms. The topological polar surface area (TPSA) is 54.5 Å². The zero-order chi connectivity index (χ0) is 15.1. The molecule has 1 amide bonds. The summed E-state index contributed by atoms with van der Waals surface area (Å²) in [6.45, 7) is 5.24. The molecule has 1 aliphatic rings. The maximum absolute atomic E-state index is 12.0. The first-order valence-electron chi connectivity index (χ1n) is 7.73. The number of carbonyl (C=O) groups is 1. The van der Waals surface area contributed by atoms with Gasteiger partial charge in [0.25, 0.3) is 5.91 Å². The van der Waals surface area contributed by atoms with Gasteiger partial charge in [-0.3, -0.25) is 4.79 Å². The molecule has 0 spiro atoms. The molecule has 0 aromatic carbocycles. The molecule has 116 valence electrons. The normalized spacial score (nSPS) is 19.2. The van der Waals surface area contributed by atoms with Crippen LogP contribution in [-0.2, 0) is 0 Å². The van der Waals surface area contributed by atoms with E-state index >= 15 is 0 Å².